The molecule has 6 rings (SSSR count). The lowest BCUT2D eigenvalue weighted by Crippen LogP contribution is -2.82. The van der Waals surface area contributed by atoms with E-state index in [4.69, 9.17) is 23.7 Å². The van der Waals surface area contributed by atoms with E-state index >= 15 is 4.79 Å². The summed E-state index contributed by atoms with van der Waals surface area (Å²) in [5, 5.41) is 39.4. The van der Waals surface area contributed by atoms with E-state index in [1.165, 1.54) is 52.0 Å². The minimum absolute atomic E-state index is 0.0376. The summed E-state index contributed by atoms with van der Waals surface area (Å²) in [4.78, 5) is 94.0. The Morgan fingerprint density at radius 2 is 1.49 bits per heavy atom. The number of hydrogen-bond acceptors (Lipinski definition) is 15. The largest absolute Gasteiger partial charge is 0.456 e. The summed E-state index contributed by atoms with van der Waals surface area (Å²) in [6.45, 7) is 8.80. The zero-order valence-electron chi connectivity index (χ0n) is 33.8. The molecule has 59 heavy (non-hydrogen) atoms. The molecule has 316 valence electrons. The second kappa shape index (κ2) is 15.7. The van der Waals surface area contributed by atoms with E-state index in [-0.39, 0.29) is 35.3 Å². The van der Waals surface area contributed by atoms with Crippen LogP contribution in [0.5, 0.6) is 0 Å². The van der Waals surface area contributed by atoms with Crippen LogP contribution >= 0.6 is 0 Å². The predicted molar refractivity (Wildman–Crippen MR) is 203 cm³/mol. The lowest BCUT2D eigenvalue weighted by molar-refractivity contribution is -0.346. The van der Waals surface area contributed by atoms with Crippen LogP contribution in [0, 0.1) is 16.7 Å². The van der Waals surface area contributed by atoms with Gasteiger partial charge in [-0.05, 0) is 42.7 Å². The number of ether oxygens (including phenoxy) is 5. The fourth-order valence-corrected chi connectivity index (χ4v) is 9.61. The first-order chi connectivity index (χ1) is 27.6. The SMILES string of the molecule is CC(=O)O[C@H]1C(=O)[C@@]2(C)C([C@H](OC(=O)c3ccccc3)[C@]3(O)C[C@H](OC(=O)[C@H](O)[C@@H](NC(=O)C(C)=O)c4ccccc4)C(C)=C1C3(C)C)[C@]1(OC(C)=O)CO[C@@H]1C[C@@H]2O. The molecule has 1 saturated heterocycles. The van der Waals surface area contributed by atoms with Gasteiger partial charge >= 0.3 is 23.9 Å². The monoisotopic (exact) mass is 819 g/mol. The maximum Gasteiger partial charge on any atom is 0.338 e. The number of carbonyl (C=O) groups is 7. The summed E-state index contributed by atoms with van der Waals surface area (Å²) < 4.78 is 30.0. The molecular weight excluding hydrogens is 770 g/mol. The van der Waals surface area contributed by atoms with Crippen LogP contribution in [0.2, 0.25) is 0 Å². The van der Waals surface area contributed by atoms with Crippen LogP contribution in [-0.4, -0.2) is 111 Å². The molecule has 2 bridgehead atoms. The zero-order valence-corrected chi connectivity index (χ0v) is 33.8. The van der Waals surface area contributed by atoms with E-state index in [0.717, 1.165) is 20.8 Å². The molecule has 2 aromatic carbocycles. The Balaban J connectivity index is 1.56. The van der Waals surface area contributed by atoms with Gasteiger partial charge in [0.1, 0.15) is 23.9 Å². The minimum atomic E-state index is -2.42. The Morgan fingerprint density at radius 1 is 0.881 bits per heavy atom. The zero-order chi connectivity index (χ0) is 43.4. The first-order valence-corrected chi connectivity index (χ1v) is 19.3. The van der Waals surface area contributed by atoms with Crippen molar-refractivity contribution in [1.82, 2.24) is 5.32 Å². The van der Waals surface area contributed by atoms with E-state index in [0.29, 0.717) is 0 Å². The second-order valence-electron chi connectivity index (χ2n) is 16.5. The van der Waals surface area contributed by atoms with Crippen molar-refractivity contribution < 1.29 is 72.6 Å². The molecule has 3 aliphatic carbocycles. The summed E-state index contributed by atoms with van der Waals surface area (Å²) >= 11 is 0. The average Bonchev–Trinajstić information content (AvgIpc) is 3.18. The number of benzene rings is 2. The van der Waals surface area contributed by atoms with Gasteiger partial charge in [0.05, 0.1) is 35.6 Å². The first-order valence-electron chi connectivity index (χ1n) is 19.3. The van der Waals surface area contributed by atoms with Crippen molar-refractivity contribution in [2.75, 3.05) is 6.61 Å². The second-order valence-corrected chi connectivity index (χ2v) is 16.5. The standard InChI is InChI=1S/C43H49NO15/c1-21-27(57-39(53)32(49)31(44-37(51)22(2)45)25-14-10-8-11-15-25)19-43(54)36(58-38(52)26-16-12-9-13-17-26)34-41(7,28(48)18-29-42(34,20-55-29)59-24(4)47)35(50)33(56-23(3)46)30(21)40(43,5)6/h8-17,27-29,31-34,36,48-49,54H,18-20H2,1-7H3,(H,44,51)/t27-,28-,29+,31-,32+,33+,34?,36-,41+,42-,43+/m0/s1. The maximum absolute atomic E-state index is 15.4. The van der Waals surface area contributed by atoms with Gasteiger partial charge in [-0.2, -0.15) is 0 Å². The highest BCUT2D eigenvalue weighted by Crippen LogP contribution is 2.64. The number of fused-ring (bicyclic) bond motifs is 5. The van der Waals surface area contributed by atoms with E-state index in [9.17, 15) is 44.1 Å². The number of esters is 4. The van der Waals surface area contributed by atoms with Crippen LogP contribution in [0.15, 0.2) is 71.8 Å². The molecular formula is C43H49NO15. The predicted octanol–water partition coefficient (Wildman–Crippen LogP) is 2.01. The van der Waals surface area contributed by atoms with Crippen molar-refractivity contribution in [3.8, 4) is 0 Å². The molecule has 1 amide bonds. The minimum Gasteiger partial charge on any atom is -0.456 e. The van der Waals surface area contributed by atoms with Crippen molar-refractivity contribution >= 4 is 41.4 Å². The fourth-order valence-electron chi connectivity index (χ4n) is 9.61. The van der Waals surface area contributed by atoms with E-state index < -0.39 is 118 Å². The van der Waals surface area contributed by atoms with Crippen LogP contribution in [0.3, 0.4) is 0 Å². The topological polar surface area (TPSA) is 238 Å². The molecule has 4 aliphatic rings. The molecule has 0 spiro atoms. The molecule has 16 nitrogen and oxygen atoms in total. The van der Waals surface area contributed by atoms with Gasteiger partial charge < -0.3 is 44.3 Å². The quantitative estimate of drug-likeness (QED) is 0.116. The Labute approximate surface area is 340 Å². The van der Waals surface area contributed by atoms with Crippen molar-refractivity contribution in [3.63, 3.8) is 0 Å². The summed E-state index contributed by atoms with van der Waals surface area (Å²) in [7, 11) is 0. The molecule has 3 fully saturated rings. The molecule has 1 heterocycles. The lowest BCUT2D eigenvalue weighted by atomic mass is 9.44. The van der Waals surface area contributed by atoms with Gasteiger partial charge in [-0.1, -0.05) is 62.4 Å². The fraction of sp³-hybridized carbons (Fsp3) is 0.512. The number of carbonyl (C=O) groups excluding carboxylic acids is 7. The van der Waals surface area contributed by atoms with E-state index in [1.54, 1.807) is 36.4 Å². The number of amides is 1. The molecule has 4 N–H and O–H groups in total. The number of aliphatic hydroxyl groups excluding tert-OH is 2. The number of ketones is 2. The maximum atomic E-state index is 15.4. The first kappa shape index (κ1) is 43.3. The summed E-state index contributed by atoms with van der Waals surface area (Å²) in [6, 6.07) is 14.1. The number of hydrogen-bond donors (Lipinski definition) is 4. The third-order valence-corrected chi connectivity index (χ3v) is 12.8. The van der Waals surface area contributed by atoms with Gasteiger partial charge in [-0.25, -0.2) is 9.59 Å². The van der Waals surface area contributed by atoms with Crippen molar-refractivity contribution in [3.05, 3.63) is 82.9 Å². The normalized spacial score (nSPS) is 32.9. The van der Waals surface area contributed by atoms with Crippen molar-refractivity contribution in [2.24, 2.45) is 16.7 Å². The molecule has 2 saturated carbocycles. The Morgan fingerprint density at radius 3 is 2.03 bits per heavy atom. The third kappa shape index (κ3) is 7.15. The van der Waals surface area contributed by atoms with Gasteiger partial charge in [0.15, 0.2) is 23.6 Å². The Hall–Kier alpha value is -5.29. The molecule has 2 aromatic rings. The van der Waals surface area contributed by atoms with Crippen LogP contribution in [0.25, 0.3) is 0 Å². The lowest BCUT2D eigenvalue weighted by Gasteiger charge is -2.67. The summed E-state index contributed by atoms with van der Waals surface area (Å²) in [5.41, 5.74) is -7.57. The highest BCUT2D eigenvalue weighted by atomic mass is 16.6. The Bertz CT molecular complexity index is 2080. The van der Waals surface area contributed by atoms with Gasteiger partial charge in [0.2, 0.25) is 5.78 Å². The number of rotatable bonds is 10. The number of nitrogens with one attached hydrogen (secondary N) is 1. The van der Waals surface area contributed by atoms with Gasteiger partial charge in [-0.3, -0.25) is 24.0 Å². The van der Waals surface area contributed by atoms with E-state index in [1.807, 2.05) is 0 Å². The molecule has 1 aliphatic heterocycles. The van der Waals surface area contributed by atoms with Gasteiger partial charge in [-0.15, -0.1) is 0 Å². The van der Waals surface area contributed by atoms with Crippen LogP contribution in [-0.2, 0) is 52.5 Å². The number of aliphatic hydroxyl groups is 3. The summed E-state index contributed by atoms with van der Waals surface area (Å²) in [6.07, 6.45) is -10.8. The third-order valence-electron chi connectivity index (χ3n) is 12.8. The Kier molecular flexibility index (Phi) is 11.5. The molecule has 0 aromatic heterocycles. The molecule has 11 atom stereocenters. The van der Waals surface area contributed by atoms with Gasteiger partial charge in [0, 0.05) is 39.0 Å². The van der Waals surface area contributed by atoms with Crippen LogP contribution in [0.4, 0.5) is 0 Å². The van der Waals surface area contributed by atoms with E-state index in [2.05, 4.69) is 5.32 Å². The van der Waals surface area contributed by atoms with Gasteiger partial charge in [0.25, 0.3) is 5.91 Å². The number of Topliss-reactive ketones (excluding diaryl/α,β-unsaturated/α-hetero) is 2. The average molecular weight is 820 g/mol. The molecule has 1 unspecified atom stereocenters. The van der Waals surface area contributed by atoms with Crippen LogP contribution in [0.1, 0.15) is 83.3 Å². The highest BCUT2D eigenvalue weighted by molar-refractivity contribution is 6.35. The van der Waals surface area contributed by atoms with Crippen molar-refractivity contribution in [1.29, 1.82) is 0 Å². The highest BCUT2D eigenvalue weighted by Gasteiger charge is 2.78. The van der Waals surface area contributed by atoms with Crippen LogP contribution < -0.4 is 5.32 Å². The smallest absolute Gasteiger partial charge is 0.338 e. The van der Waals surface area contributed by atoms with Crippen molar-refractivity contribution in [2.45, 2.75) is 115 Å². The molecule has 16 heteroatoms. The summed E-state index contributed by atoms with van der Waals surface area (Å²) in [5.74, 6) is -8.43. The molecule has 0 radical (unpaired) electrons.